The van der Waals surface area contributed by atoms with E-state index in [1.54, 1.807) is 0 Å². The maximum Gasteiger partial charge on any atom is 0.305 e. The van der Waals surface area contributed by atoms with E-state index in [1.807, 2.05) is 31.2 Å². The SMILES string of the molecule is CC(CC(=O)O)(c1ccccc1Cl)N1CCCCCC1. The molecular formula is C16H22ClNO2. The highest BCUT2D eigenvalue weighted by atomic mass is 35.5. The van der Waals surface area contributed by atoms with Gasteiger partial charge in [-0.2, -0.15) is 0 Å². The summed E-state index contributed by atoms with van der Waals surface area (Å²) in [6.45, 7) is 3.89. The molecule has 4 heteroatoms. The molecule has 1 atom stereocenters. The van der Waals surface area contributed by atoms with Crippen molar-refractivity contribution in [1.82, 2.24) is 4.90 Å². The van der Waals surface area contributed by atoms with Crippen LogP contribution < -0.4 is 0 Å². The van der Waals surface area contributed by atoms with E-state index in [4.69, 9.17) is 11.6 Å². The molecule has 0 amide bonds. The number of nitrogens with zero attached hydrogens (tertiary/aromatic N) is 1. The van der Waals surface area contributed by atoms with E-state index in [9.17, 15) is 9.90 Å². The largest absolute Gasteiger partial charge is 0.481 e. The van der Waals surface area contributed by atoms with Gasteiger partial charge in [-0.25, -0.2) is 0 Å². The van der Waals surface area contributed by atoms with Crippen molar-refractivity contribution in [2.45, 2.75) is 44.6 Å². The smallest absolute Gasteiger partial charge is 0.305 e. The maximum atomic E-state index is 11.4. The highest BCUT2D eigenvalue weighted by Crippen LogP contribution is 2.37. The molecule has 0 aromatic heterocycles. The number of hydrogen-bond donors (Lipinski definition) is 1. The van der Waals surface area contributed by atoms with E-state index in [2.05, 4.69) is 4.90 Å². The number of rotatable bonds is 4. The lowest BCUT2D eigenvalue weighted by molar-refractivity contribution is -0.140. The Kier molecular flexibility index (Phi) is 5.06. The van der Waals surface area contributed by atoms with E-state index < -0.39 is 11.5 Å². The molecule has 0 radical (unpaired) electrons. The van der Waals surface area contributed by atoms with Gasteiger partial charge in [0, 0.05) is 5.02 Å². The van der Waals surface area contributed by atoms with Gasteiger partial charge in [-0.15, -0.1) is 0 Å². The number of carboxylic acid groups (broad SMARTS) is 1. The van der Waals surface area contributed by atoms with Crippen LogP contribution in [-0.2, 0) is 10.3 Å². The summed E-state index contributed by atoms with van der Waals surface area (Å²) in [5, 5.41) is 9.99. The molecule has 1 aliphatic heterocycles. The molecule has 1 aliphatic rings. The second-order valence-corrected chi connectivity index (χ2v) is 6.13. The fourth-order valence-electron chi connectivity index (χ4n) is 3.13. The summed E-state index contributed by atoms with van der Waals surface area (Å²) in [5.41, 5.74) is 0.389. The summed E-state index contributed by atoms with van der Waals surface area (Å²) >= 11 is 6.33. The summed E-state index contributed by atoms with van der Waals surface area (Å²) in [6.07, 6.45) is 4.78. The molecule has 1 aromatic carbocycles. The van der Waals surface area contributed by atoms with Gasteiger partial charge in [-0.05, 0) is 44.5 Å². The fourth-order valence-corrected chi connectivity index (χ4v) is 3.47. The minimum absolute atomic E-state index is 0.0801. The normalized spacial score (nSPS) is 20.1. The minimum atomic E-state index is -0.781. The zero-order valence-electron chi connectivity index (χ0n) is 11.9. The van der Waals surface area contributed by atoms with Crippen LogP contribution in [0.1, 0.15) is 44.6 Å². The van der Waals surface area contributed by atoms with Crippen molar-refractivity contribution < 1.29 is 9.90 Å². The third kappa shape index (κ3) is 3.33. The van der Waals surface area contributed by atoms with Crippen LogP contribution in [0.2, 0.25) is 5.02 Å². The maximum absolute atomic E-state index is 11.4. The number of benzene rings is 1. The predicted molar refractivity (Wildman–Crippen MR) is 81.1 cm³/mol. The molecule has 3 nitrogen and oxygen atoms in total. The molecule has 0 bridgehead atoms. The van der Waals surface area contributed by atoms with E-state index in [0.717, 1.165) is 31.5 Å². The van der Waals surface area contributed by atoms with Gasteiger partial charge in [0.2, 0.25) is 0 Å². The predicted octanol–water partition coefficient (Wildman–Crippen LogP) is 3.91. The summed E-state index contributed by atoms with van der Waals surface area (Å²) in [6, 6.07) is 7.61. The second kappa shape index (κ2) is 6.59. The Morgan fingerprint density at radius 3 is 2.40 bits per heavy atom. The first kappa shape index (κ1) is 15.3. The second-order valence-electron chi connectivity index (χ2n) is 5.73. The van der Waals surface area contributed by atoms with Crippen molar-refractivity contribution in [3.63, 3.8) is 0 Å². The Morgan fingerprint density at radius 2 is 1.85 bits per heavy atom. The minimum Gasteiger partial charge on any atom is -0.481 e. The van der Waals surface area contributed by atoms with Crippen LogP contribution in [0.25, 0.3) is 0 Å². The molecule has 110 valence electrons. The van der Waals surface area contributed by atoms with Crippen molar-refractivity contribution in [2.75, 3.05) is 13.1 Å². The van der Waals surface area contributed by atoms with Crippen LogP contribution in [0.4, 0.5) is 0 Å². The number of aliphatic carboxylic acids is 1. The number of halogens is 1. The highest BCUT2D eigenvalue weighted by molar-refractivity contribution is 6.31. The van der Waals surface area contributed by atoms with Gasteiger partial charge in [0.15, 0.2) is 0 Å². The zero-order chi connectivity index (χ0) is 14.6. The molecule has 20 heavy (non-hydrogen) atoms. The van der Waals surface area contributed by atoms with Crippen molar-refractivity contribution in [3.8, 4) is 0 Å². The fraction of sp³-hybridized carbons (Fsp3) is 0.562. The van der Waals surface area contributed by atoms with Crippen LogP contribution in [0.5, 0.6) is 0 Å². The quantitative estimate of drug-likeness (QED) is 0.915. The van der Waals surface area contributed by atoms with E-state index >= 15 is 0 Å². The molecule has 2 rings (SSSR count). The lowest BCUT2D eigenvalue weighted by Crippen LogP contribution is -2.46. The monoisotopic (exact) mass is 295 g/mol. The Balaban J connectivity index is 2.38. The molecule has 0 spiro atoms. The first-order chi connectivity index (χ1) is 9.54. The Bertz CT molecular complexity index is 469. The van der Waals surface area contributed by atoms with Crippen molar-refractivity contribution in [1.29, 1.82) is 0 Å². The molecule has 0 aliphatic carbocycles. The Morgan fingerprint density at radius 1 is 1.25 bits per heavy atom. The van der Waals surface area contributed by atoms with Crippen LogP contribution in [0.15, 0.2) is 24.3 Å². The summed E-state index contributed by atoms with van der Waals surface area (Å²) in [7, 11) is 0. The van der Waals surface area contributed by atoms with Gasteiger partial charge in [0.05, 0.1) is 12.0 Å². The van der Waals surface area contributed by atoms with E-state index in [0.29, 0.717) is 5.02 Å². The highest BCUT2D eigenvalue weighted by Gasteiger charge is 2.37. The first-order valence-electron chi connectivity index (χ1n) is 7.26. The van der Waals surface area contributed by atoms with Crippen LogP contribution in [0.3, 0.4) is 0 Å². The molecule has 1 fully saturated rings. The summed E-state index contributed by atoms with van der Waals surface area (Å²) in [4.78, 5) is 13.7. The third-order valence-corrected chi connectivity index (χ3v) is 4.58. The molecule has 0 saturated carbocycles. The third-order valence-electron chi connectivity index (χ3n) is 4.25. The van der Waals surface area contributed by atoms with Crippen LogP contribution in [0, 0.1) is 0 Å². The van der Waals surface area contributed by atoms with Crippen molar-refractivity contribution in [3.05, 3.63) is 34.9 Å². The lowest BCUT2D eigenvalue weighted by Gasteiger charge is -2.41. The molecule has 1 saturated heterocycles. The van der Waals surface area contributed by atoms with Gasteiger partial charge in [-0.1, -0.05) is 42.6 Å². The Labute approximate surface area is 125 Å². The number of carbonyl (C=O) groups is 1. The van der Waals surface area contributed by atoms with Gasteiger partial charge in [0.1, 0.15) is 0 Å². The van der Waals surface area contributed by atoms with Crippen molar-refractivity contribution in [2.24, 2.45) is 0 Å². The average Bonchev–Trinajstić information content (AvgIpc) is 2.67. The van der Waals surface area contributed by atoms with E-state index in [1.165, 1.54) is 12.8 Å². The Hall–Kier alpha value is -1.06. The molecule has 1 aromatic rings. The standard InChI is InChI=1S/C16H22ClNO2/c1-16(12-15(19)20,13-8-4-5-9-14(13)17)18-10-6-2-3-7-11-18/h4-5,8-9H,2-3,6-7,10-12H2,1H3,(H,19,20). The topological polar surface area (TPSA) is 40.5 Å². The van der Waals surface area contributed by atoms with Gasteiger partial charge in [0.25, 0.3) is 0 Å². The van der Waals surface area contributed by atoms with Gasteiger partial charge in [-0.3, -0.25) is 9.69 Å². The summed E-state index contributed by atoms with van der Waals surface area (Å²) < 4.78 is 0. The number of likely N-dealkylation sites (tertiary alicyclic amines) is 1. The molecular weight excluding hydrogens is 274 g/mol. The number of hydrogen-bond acceptors (Lipinski definition) is 2. The summed E-state index contributed by atoms with van der Waals surface area (Å²) in [5.74, 6) is -0.781. The van der Waals surface area contributed by atoms with Crippen LogP contribution >= 0.6 is 11.6 Å². The molecule has 1 heterocycles. The zero-order valence-corrected chi connectivity index (χ0v) is 12.7. The van der Waals surface area contributed by atoms with Crippen molar-refractivity contribution >= 4 is 17.6 Å². The van der Waals surface area contributed by atoms with E-state index in [-0.39, 0.29) is 6.42 Å². The number of carboxylic acids is 1. The van der Waals surface area contributed by atoms with Gasteiger partial charge < -0.3 is 5.11 Å². The van der Waals surface area contributed by atoms with Gasteiger partial charge >= 0.3 is 5.97 Å². The molecule has 1 unspecified atom stereocenters. The first-order valence-corrected chi connectivity index (χ1v) is 7.64. The lowest BCUT2D eigenvalue weighted by atomic mass is 9.86. The average molecular weight is 296 g/mol. The molecule has 1 N–H and O–H groups in total. The van der Waals surface area contributed by atoms with Crippen LogP contribution in [-0.4, -0.2) is 29.1 Å².